The predicted octanol–water partition coefficient (Wildman–Crippen LogP) is 2.30. The maximum absolute atomic E-state index is 12.3. The number of nitrogens with one attached hydrogen (secondary N) is 1. The van der Waals surface area contributed by atoms with Crippen LogP contribution in [0.1, 0.15) is 30.9 Å². The van der Waals surface area contributed by atoms with E-state index in [9.17, 15) is 8.42 Å². The maximum Gasteiger partial charge on any atom is 0.155 e. The fraction of sp³-hybridized carbons (Fsp3) is 0.600. The first-order valence-electron chi connectivity index (χ1n) is 6.99. The van der Waals surface area contributed by atoms with Gasteiger partial charge < -0.3 is 5.32 Å². The lowest BCUT2D eigenvalue weighted by atomic mass is 10.2. The molecule has 0 saturated heterocycles. The van der Waals surface area contributed by atoms with Gasteiger partial charge in [-0.3, -0.25) is 0 Å². The summed E-state index contributed by atoms with van der Waals surface area (Å²) in [5, 5.41) is 3.32. The second-order valence-corrected chi connectivity index (χ2v) is 7.65. The number of sulfone groups is 1. The Morgan fingerprint density at radius 3 is 2.68 bits per heavy atom. The summed E-state index contributed by atoms with van der Waals surface area (Å²) in [4.78, 5) is 0. The largest absolute Gasteiger partial charge is 0.313 e. The van der Waals surface area contributed by atoms with Crippen molar-refractivity contribution in [3.8, 4) is 0 Å². The van der Waals surface area contributed by atoms with Crippen molar-refractivity contribution in [1.82, 2.24) is 5.32 Å². The Morgan fingerprint density at radius 2 is 2.11 bits per heavy atom. The van der Waals surface area contributed by atoms with E-state index in [0.29, 0.717) is 5.92 Å². The van der Waals surface area contributed by atoms with E-state index in [1.807, 2.05) is 38.1 Å². The molecule has 1 N–H and O–H groups in total. The van der Waals surface area contributed by atoms with Crippen LogP contribution >= 0.6 is 0 Å². The molecule has 1 saturated carbocycles. The molecule has 3 nitrogen and oxygen atoms in total. The molecule has 1 aromatic rings. The Kier molecular flexibility index (Phi) is 4.63. The third kappa shape index (κ3) is 4.62. The van der Waals surface area contributed by atoms with Crippen LogP contribution in [0.5, 0.6) is 0 Å². The molecule has 0 aromatic heterocycles. The summed E-state index contributed by atoms with van der Waals surface area (Å²) in [6, 6.07) is 7.89. The molecule has 1 fully saturated rings. The molecule has 1 atom stereocenters. The fourth-order valence-corrected chi connectivity index (χ4v) is 4.25. The van der Waals surface area contributed by atoms with Crippen LogP contribution in [0.4, 0.5) is 0 Å². The zero-order valence-electron chi connectivity index (χ0n) is 11.7. The van der Waals surface area contributed by atoms with Gasteiger partial charge in [-0.25, -0.2) is 8.42 Å². The van der Waals surface area contributed by atoms with Gasteiger partial charge in [-0.1, -0.05) is 36.8 Å². The van der Waals surface area contributed by atoms with Gasteiger partial charge in [-0.05, 0) is 37.8 Å². The van der Waals surface area contributed by atoms with E-state index in [0.717, 1.165) is 30.5 Å². The summed E-state index contributed by atoms with van der Waals surface area (Å²) in [6.07, 6.45) is 2.33. The minimum absolute atomic E-state index is 0.139. The molecule has 1 unspecified atom stereocenters. The van der Waals surface area contributed by atoms with E-state index in [2.05, 4.69) is 5.32 Å². The van der Waals surface area contributed by atoms with Crippen molar-refractivity contribution in [3.63, 3.8) is 0 Å². The van der Waals surface area contributed by atoms with Crippen molar-refractivity contribution in [3.05, 3.63) is 35.4 Å². The summed E-state index contributed by atoms with van der Waals surface area (Å²) >= 11 is 0. The normalized spacial score (nSPS) is 17.4. The van der Waals surface area contributed by atoms with E-state index in [-0.39, 0.29) is 17.5 Å². The molecular formula is C15H23NO2S. The van der Waals surface area contributed by atoms with Crippen LogP contribution in [0.25, 0.3) is 0 Å². The SMILES string of the molecule is CCNC(CS(=O)(=O)Cc1cccc(C)c1)C1CC1. The third-order valence-corrected chi connectivity index (χ3v) is 5.20. The van der Waals surface area contributed by atoms with E-state index in [4.69, 9.17) is 0 Å². The lowest BCUT2D eigenvalue weighted by Crippen LogP contribution is -2.37. The Bertz CT molecular complexity index is 521. The molecule has 2 rings (SSSR count). The minimum Gasteiger partial charge on any atom is -0.313 e. The second-order valence-electron chi connectivity index (χ2n) is 5.55. The molecule has 19 heavy (non-hydrogen) atoms. The molecule has 1 aliphatic rings. The van der Waals surface area contributed by atoms with E-state index in [1.165, 1.54) is 0 Å². The molecule has 4 heteroatoms. The third-order valence-electron chi connectivity index (χ3n) is 3.56. The Labute approximate surface area is 116 Å². The lowest BCUT2D eigenvalue weighted by molar-refractivity contribution is 0.502. The summed E-state index contributed by atoms with van der Waals surface area (Å²) in [5.41, 5.74) is 2.00. The monoisotopic (exact) mass is 281 g/mol. The predicted molar refractivity (Wildman–Crippen MR) is 78.9 cm³/mol. The lowest BCUT2D eigenvalue weighted by Gasteiger charge is -2.17. The Morgan fingerprint density at radius 1 is 1.37 bits per heavy atom. The van der Waals surface area contributed by atoms with Crippen LogP contribution in [0.3, 0.4) is 0 Å². The molecule has 0 aliphatic heterocycles. The van der Waals surface area contributed by atoms with Crippen molar-refractivity contribution in [1.29, 1.82) is 0 Å². The van der Waals surface area contributed by atoms with E-state index < -0.39 is 9.84 Å². The molecule has 0 radical (unpaired) electrons. The second kappa shape index (κ2) is 6.06. The standard InChI is InChI=1S/C15H23NO2S/c1-3-16-15(14-7-8-14)11-19(17,18)10-13-6-4-5-12(2)9-13/h4-6,9,14-16H,3,7-8,10-11H2,1-2H3. The van der Waals surface area contributed by atoms with Gasteiger partial charge in [0, 0.05) is 6.04 Å². The van der Waals surface area contributed by atoms with Crippen LogP contribution in [-0.2, 0) is 15.6 Å². The van der Waals surface area contributed by atoms with Gasteiger partial charge in [0.05, 0.1) is 11.5 Å². The van der Waals surface area contributed by atoms with Gasteiger partial charge in [-0.15, -0.1) is 0 Å². The van der Waals surface area contributed by atoms with Crippen molar-refractivity contribution in [2.75, 3.05) is 12.3 Å². The highest BCUT2D eigenvalue weighted by Gasteiger charge is 2.33. The quantitative estimate of drug-likeness (QED) is 0.834. The summed E-state index contributed by atoms with van der Waals surface area (Å²) in [5.74, 6) is 0.982. The van der Waals surface area contributed by atoms with Gasteiger partial charge in [-0.2, -0.15) is 0 Å². The number of aryl methyl sites for hydroxylation is 1. The van der Waals surface area contributed by atoms with Crippen molar-refractivity contribution in [2.24, 2.45) is 5.92 Å². The molecule has 0 spiro atoms. The van der Waals surface area contributed by atoms with Gasteiger partial charge >= 0.3 is 0 Å². The highest BCUT2D eigenvalue weighted by molar-refractivity contribution is 7.90. The smallest absolute Gasteiger partial charge is 0.155 e. The van der Waals surface area contributed by atoms with Crippen molar-refractivity contribution in [2.45, 2.75) is 38.5 Å². The topological polar surface area (TPSA) is 46.2 Å². The van der Waals surface area contributed by atoms with Crippen molar-refractivity contribution < 1.29 is 8.42 Å². The van der Waals surface area contributed by atoms with Crippen LogP contribution < -0.4 is 5.32 Å². The van der Waals surface area contributed by atoms with E-state index >= 15 is 0 Å². The highest BCUT2D eigenvalue weighted by atomic mass is 32.2. The molecule has 0 bridgehead atoms. The first kappa shape index (κ1) is 14.5. The fourth-order valence-electron chi connectivity index (χ4n) is 2.51. The average Bonchev–Trinajstić information content (AvgIpc) is 3.11. The highest BCUT2D eigenvalue weighted by Crippen LogP contribution is 2.33. The van der Waals surface area contributed by atoms with Crippen LogP contribution in [0.2, 0.25) is 0 Å². The molecule has 0 heterocycles. The Hall–Kier alpha value is -0.870. The van der Waals surface area contributed by atoms with E-state index in [1.54, 1.807) is 0 Å². The molecule has 106 valence electrons. The number of rotatable bonds is 7. The number of benzene rings is 1. The molecule has 1 aromatic carbocycles. The Balaban J connectivity index is 2.01. The summed E-state index contributed by atoms with van der Waals surface area (Å²) in [7, 11) is -3.04. The van der Waals surface area contributed by atoms with Gasteiger partial charge in [0.2, 0.25) is 0 Å². The van der Waals surface area contributed by atoms with Gasteiger partial charge in [0.1, 0.15) is 0 Å². The number of hydrogen-bond donors (Lipinski definition) is 1. The first-order valence-corrected chi connectivity index (χ1v) is 8.81. The van der Waals surface area contributed by atoms with Crippen LogP contribution in [0.15, 0.2) is 24.3 Å². The van der Waals surface area contributed by atoms with Gasteiger partial charge in [0.15, 0.2) is 9.84 Å². The van der Waals surface area contributed by atoms with Gasteiger partial charge in [0.25, 0.3) is 0 Å². The van der Waals surface area contributed by atoms with Crippen LogP contribution in [-0.4, -0.2) is 26.8 Å². The molecular weight excluding hydrogens is 258 g/mol. The molecule has 1 aliphatic carbocycles. The molecule has 0 amide bonds. The zero-order valence-corrected chi connectivity index (χ0v) is 12.5. The van der Waals surface area contributed by atoms with Crippen molar-refractivity contribution >= 4 is 9.84 Å². The number of hydrogen-bond acceptors (Lipinski definition) is 3. The zero-order chi connectivity index (χ0) is 13.9. The summed E-state index contributed by atoms with van der Waals surface area (Å²) < 4.78 is 24.6. The minimum atomic E-state index is -3.04. The average molecular weight is 281 g/mol. The maximum atomic E-state index is 12.3. The summed E-state index contributed by atoms with van der Waals surface area (Å²) in [6.45, 7) is 4.85. The first-order chi connectivity index (χ1) is 9.00. The van der Waals surface area contributed by atoms with Crippen LogP contribution in [0, 0.1) is 12.8 Å².